The zero-order chi connectivity index (χ0) is 22.5. The van der Waals surface area contributed by atoms with E-state index in [-0.39, 0.29) is 0 Å². The van der Waals surface area contributed by atoms with Crippen molar-refractivity contribution in [3.05, 3.63) is 76.9 Å². The summed E-state index contributed by atoms with van der Waals surface area (Å²) < 4.78 is 2.80. The lowest BCUT2D eigenvalue weighted by molar-refractivity contribution is 0.0702. The summed E-state index contributed by atoms with van der Waals surface area (Å²) in [6, 6.07) is 17.6. The van der Waals surface area contributed by atoms with E-state index in [1.165, 1.54) is 11.3 Å². The average Bonchev–Trinajstić information content (AvgIpc) is 3.41. The second-order valence-corrected chi connectivity index (χ2v) is 9.04. The fraction of sp³-hybridized carbons (Fsp3) is 0.120. The minimum Gasteiger partial charge on any atom is -0.477 e. The van der Waals surface area contributed by atoms with Crippen LogP contribution in [-0.4, -0.2) is 30.8 Å². The van der Waals surface area contributed by atoms with Crippen LogP contribution in [0.25, 0.3) is 32.6 Å². The van der Waals surface area contributed by atoms with Gasteiger partial charge in [0.05, 0.1) is 27.5 Å². The molecule has 0 aliphatic heterocycles. The third-order valence-electron chi connectivity index (χ3n) is 5.90. The summed E-state index contributed by atoms with van der Waals surface area (Å²) in [4.78, 5) is 21.2. The number of rotatable bonds is 4. The Labute approximate surface area is 193 Å². The first-order valence-electron chi connectivity index (χ1n) is 10.6. The normalized spacial score (nSPS) is 12.4. The molecule has 0 fully saturated rings. The number of aromatic nitrogens is 4. The van der Waals surface area contributed by atoms with E-state index in [1.807, 2.05) is 54.3 Å². The van der Waals surface area contributed by atoms with Crippen LogP contribution in [0.5, 0.6) is 0 Å². The molecule has 1 aliphatic carbocycles. The van der Waals surface area contributed by atoms with Crippen LogP contribution in [0.15, 0.2) is 60.8 Å². The van der Waals surface area contributed by atoms with Crippen molar-refractivity contribution in [3.63, 3.8) is 0 Å². The first-order valence-corrected chi connectivity index (χ1v) is 11.4. The number of nitrogens with one attached hydrogen (secondary N) is 1. The Morgan fingerprint density at radius 1 is 1.12 bits per heavy atom. The molecule has 2 aromatic carbocycles. The minimum atomic E-state index is -0.926. The highest BCUT2D eigenvalue weighted by atomic mass is 32.1. The summed E-state index contributed by atoms with van der Waals surface area (Å²) in [6.45, 7) is 0. The number of carboxylic acids is 1. The van der Waals surface area contributed by atoms with Gasteiger partial charge >= 0.3 is 5.97 Å². The van der Waals surface area contributed by atoms with E-state index in [9.17, 15) is 9.90 Å². The quantitative estimate of drug-likeness (QED) is 0.384. The number of hydrogen-bond acceptors (Lipinski definition) is 6. The van der Waals surface area contributed by atoms with E-state index in [0.29, 0.717) is 10.8 Å². The maximum Gasteiger partial charge on any atom is 0.345 e. The third kappa shape index (κ3) is 3.27. The monoisotopic (exact) mass is 453 g/mol. The lowest BCUT2D eigenvalue weighted by atomic mass is 9.91. The Hall–Kier alpha value is -4.04. The topological polar surface area (TPSA) is 92.9 Å². The molecule has 33 heavy (non-hydrogen) atoms. The molecule has 0 saturated carbocycles. The van der Waals surface area contributed by atoms with Crippen molar-refractivity contribution < 1.29 is 9.90 Å². The fourth-order valence-corrected chi connectivity index (χ4v) is 5.40. The molecule has 0 saturated heterocycles. The van der Waals surface area contributed by atoms with Gasteiger partial charge in [0.25, 0.3) is 0 Å². The summed E-state index contributed by atoms with van der Waals surface area (Å²) in [7, 11) is 1.97. The second-order valence-electron chi connectivity index (χ2n) is 7.99. The van der Waals surface area contributed by atoms with Gasteiger partial charge in [0.1, 0.15) is 4.88 Å². The smallest absolute Gasteiger partial charge is 0.345 e. The first-order chi connectivity index (χ1) is 16.1. The fourth-order valence-electron chi connectivity index (χ4n) is 4.44. The highest BCUT2D eigenvalue weighted by molar-refractivity contribution is 7.21. The summed E-state index contributed by atoms with van der Waals surface area (Å²) >= 11 is 1.24. The van der Waals surface area contributed by atoms with Crippen LogP contribution in [0.3, 0.4) is 0 Å². The number of carbonyl (C=O) groups is 1. The number of fused-ring (bicyclic) bond motifs is 4. The molecule has 3 aromatic heterocycles. The van der Waals surface area contributed by atoms with Gasteiger partial charge in [-0.05, 0) is 35.9 Å². The Morgan fingerprint density at radius 3 is 2.79 bits per heavy atom. The van der Waals surface area contributed by atoms with E-state index in [2.05, 4.69) is 22.4 Å². The molecule has 8 heteroatoms. The predicted molar refractivity (Wildman–Crippen MR) is 129 cm³/mol. The minimum absolute atomic E-state index is 0.304. The highest BCUT2D eigenvalue weighted by Crippen LogP contribution is 2.40. The van der Waals surface area contributed by atoms with Crippen molar-refractivity contribution >= 4 is 39.0 Å². The molecule has 2 N–H and O–H groups in total. The maximum absolute atomic E-state index is 11.4. The van der Waals surface area contributed by atoms with Gasteiger partial charge in [-0.1, -0.05) is 42.5 Å². The molecule has 5 aromatic rings. The van der Waals surface area contributed by atoms with Crippen molar-refractivity contribution in [1.29, 1.82) is 0 Å². The lowest BCUT2D eigenvalue weighted by Gasteiger charge is -2.17. The van der Waals surface area contributed by atoms with Crippen molar-refractivity contribution in [3.8, 4) is 22.5 Å². The van der Waals surface area contributed by atoms with E-state index in [0.717, 1.165) is 62.4 Å². The zero-order valence-corrected chi connectivity index (χ0v) is 18.6. The van der Waals surface area contributed by atoms with Crippen molar-refractivity contribution in [2.24, 2.45) is 7.05 Å². The summed E-state index contributed by atoms with van der Waals surface area (Å²) in [5, 5.41) is 18.3. The number of aromatic carboxylic acids is 1. The number of thiophene rings is 1. The van der Waals surface area contributed by atoms with Crippen LogP contribution in [0.4, 0.5) is 11.6 Å². The largest absolute Gasteiger partial charge is 0.477 e. The SMILES string of the molecule is Cn1nc2c(c1-c1ccccc1)-c1nc(Nc3cccc4cc(C(=O)O)sc34)ncc1CC2. The van der Waals surface area contributed by atoms with E-state index in [4.69, 9.17) is 10.1 Å². The molecule has 0 atom stereocenters. The summed E-state index contributed by atoms with van der Waals surface area (Å²) in [5.74, 6) is -0.452. The summed E-state index contributed by atoms with van der Waals surface area (Å²) in [6.07, 6.45) is 3.58. The van der Waals surface area contributed by atoms with Gasteiger partial charge in [0.15, 0.2) is 0 Å². The molecule has 0 spiro atoms. The predicted octanol–water partition coefficient (Wildman–Crippen LogP) is 5.30. The van der Waals surface area contributed by atoms with Gasteiger partial charge in [-0.25, -0.2) is 14.8 Å². The van der Waals surface area contributed by atoms with Crippen molar-refractivity contribution in [2.75, 3.05) is 5.32 Å². The lowest BCUT2D eigenvalue weighted by Crippen LogP contribution is -2.08. The molecule has 0 bridgehead atoms. The molecule has 1 aliphatic rings. The van der Waals surface area contributed by atoms with Crippen LogP contribution >= 0.6 is 11.3 Å². The molecule has 0 amide bonds. The Bertz CT molecular complexity index is 1540. The van der Waals surface area contributed by atoms with Crippen molar-refractivity contribution in [2.45, 2.75) is 12.8 Å². The van der Waals surface area contributed by atoms with E-state index in [1.54, 1.807) is 6.07 Å². The van der Waals surface area contributed by atoms with Crippen LogP contribution < -0.4 is 5.32 Å². The number of anilines is 2. The molecule has 7 nitrogen and oxygen atoms in total. The highest BCUT2D eigenvalue weighted by Gasteiger charge is 2.27. The molecule has 3 heterocycles. The Morgan fingerprint density at radius 2 is 1.97 bits per heavy atom. The zero-order valence-electron chi connectivity index (χ0n) is 17.7. The Kier molecular flexibility index (Phi) is 4.48. The standard InChI is InChI=1S/C25H19N5O2S/c1-30-22(14-6-3-2-4-7-14)20-17(29-30)11-10-16-13-26-25(28-21(16)20)27-18-9-5-8-15-12-19(24(31)32)33-23(15)18/h2-9,12-13H,10-11H2,1H3,(H,31,32)(H,26,27,28). The van der Waals surface area contributed by atoms with Gasteiger partial charge in [-0.15, -0.1) is 11.3 Å². The third-order valence-corrected chi connectivity index (χ3v) is 7.07. The van der Waals surface area contributed by atoms with Crippen LogP contribution in [0.2, 0.25) is 0 Å². The molecule has 162 valence electrons. The maximum atomic E-state index is 11.4. The molecule has 0 unspecified atom stereocenters. The van der Waals surface area contributed by atoms with Gasteiger partial charge in [-0.2, -0.15) is 5.10 Å². The summed E-state index contributed by atoms with van der Waals surface area (Å²) in [5.41, 5.74) is 7.02. The number of nitrogens with zero attached hydrogens (tertiary/aromatic N) is 4. The molecular formula is C25H19N5O2S. The van der Waals surface area contributed by atoms with Gasteiger partial charge in [-0.3, -0.25) is 4.68 Å². The van der Waals surface area contributed by atoms with Crippen molar-refractivity contribution in [1.82, 2.24) is 19.7 Å². The van der Waals surface area contributed by atoms with Gasteiger partial charge in [0, 0.05) is 24.4 Å². The number of carboxylic acid groups (broad SMARTS) is 1. The van der Waals surface area contributed by atoms with E-state index < -0.39 is 5.97 Å². The van der Waals surface area contributed by atoms with Crippen LogP contribution in [0, 0.1) is 0 Å². The molecular weight excluding hydrogens is 434 g/mol. The Balaban J connectivity index is 1.45. The average molecular weight is 454 g/mol. The van der Waals surface area contributed by atoms with E-state index >= 15 is 0 Å². The number of hydrogen-bond donors (Lipinski definition) is 2. The number of aryl methyl sites for hydroxylation is 3. The molecule has 6 rings (SSSR count). The second kappa shape index (κ2) is 7.53. The van der Waals surface area contributed by atoms with Crippen LogP contribution in [-0.2, 0) is 19.9 Å². The number of benzene rings is 2. The van der Waals surface area contributed by atoms with Gasteiger partial charge < -0.3 is 10.4 Å². The van der Waals surface area contributed by atoms with Gasteiger partial charge in [0.2, 0.25) is 5.95 Å². The first kappa shape index (κ1) is 19.6. The molecule has 0 radical (unpaired) electrons. The van der Waals surface area contributed by atoms with Crippen LogP contribution in [0.1, 0.15) is 20.9 Å².